The SMILES string of the molecule is CC1(C)SC[C@@H](C(=O)NCCCc2nc3ccc(Cl)cc3[nH]2)NC1=O. The van der Waals surface area contributed by atoms with E-state index >= 15 is 0 Å². The molecule has 0 spiro atoms. The maximum atomic E-state index is 12.2. The second-order valence-electron chi connectivity index (χ2n) is 6.59. The number of hydrogen-bond acceptors (Lipinski definition) is 4. The van der Waals surface area contributed by atoms with Crippen molar-refractivity contribution in [1.29, 1.82) is 0 Å². The van der Waals surface area contributed by atoms with Gasteiger partial charge in [-0.2, -0.15) is 0 Å². The molecule has 3 rings (SSSR count). The van der Waals surface area contributed by atoms with Crippen molar-refractivity contribution in [2.24, 2.45) is 0 Å². The lowest BCUT2D eigenvalue weighted by atomic mass is 10.1. The number of hydrogen-bond donors (Lipinski definition) is 3. The predicted molar refractivity (Wildman–Crippen MR) is 101 cm³/mol. The van der Waals surface area contributed by atoms with E-state index < -0.39 is 10.8 Å². The van der Waals surface area contributed by atoms with Crippen molar-refractivity contribution in [2.75, 3.05) is 12.3 Å². The molecule has 1 fully saturated rings. The van der Waals surface area contributed by atoms with E-state index in [1.54, 1.807) is 0 Å². The van der Waals surface area contributed by atoms with Gasteiger partial charge in [-0.3, -0.25) is 9.59 Å². The normalized spacial score (nSPS) is 19.6. The fourth-order valence-corrected chi connectivity index (χ4v) is 3.80. The van der Waals surface area contributed by atoms with Gasteiger partial charge < -0.3 is 15.6 Å². The van der Waals surface area contributed by atoms with Crippen molar-refractivity contribution in [3.63, 3.8) is 0 Å². The van der Waals surface area contributed by atoms with Gasteiger partial charge in [-0.1, -0.05) is 11.6 Å². The molecule has 0 radical (unpaired) electrons. The second kappa shape index (κ2) is 7.25. The largest absolute Gasteiger partial charge is 0.354 e. The lowest BCUT2D eigenvalue weighted by molar-refractivity contribution is -0.129. The highest BCUT2D eigenvalue weighted by molar-refractivity contribution is 8.01. The Balaban J connectivity index is 1.45. The first-order valence-electron chi connectivity index (χ1n) is 8.22. The summed E-state index contributed by atoms with van der Waals surface area (Å²) in [5, 5.41) is 6.34. The van der Waals surface area contributed by atoms with Gasteiger partial charge in [0.25, 0.3) is 0 Å². The molecule has 134 valence electrons. The zero-order chi connectivity index (χ0) is 18.0. The van der Waals surface area contributed by atoms with Gasteiger partial charge >= 0.3 is 0 Å². The Bertz CT molecular complexity index is 805. The number of imidazole rings is 1. The van der Waals surface area contributed by atoms with Gasteiger partial charge in [0, 0.05) is 23.7 Å². The summed E-state index contributed by atoms with van der Waals surface area (Å²) in [4.78, 5) is 31.8. The van der Waals surface area contributed by atoms with Crippen molar-refractivity contribution in [3.05, 3.63) is 29.0 Å². The number of amides is 2. The number of H-pyrrole nitrogens is 1. The van der Waals surface area contributed by atoms with Crippen molar-refractivity contribution < 1.29 is 9.59 Å². The van der Waals surface area contributed by atoms with Crippen LogP contribution in [0.3, 0.4) is 0 Å². The Labute approximate surface area is 155 Å². The highest BCUT2D eigenvalue weighted by atomic mass is 35.5. The van der Waals surface area contributed by atoms with E-state index in [0.29, 0.717) is 17.3 Å². The van der Waals surface area contributed by atoms with Crippen molar-refractivity contribution in [1.82, 2.24) is 20.6 Å². The lowest BCUT2D eigenvalue weighted by Crippen LogP contribution is -2.57. The number of carbonyl (C=O) groups is 2. The van der Waals surface area contributed by atoms with Crippen molar-refractivity contribution in [3.8, 4) is 0 Å². The molecule has 8 heteroatoms. The van der Waals surface area contributed by atoms with Crippen LogP contribution in [0.2, 0.25) is 5.02 Å². The van der Waals surface area contributed by atoms with E-state index in [-0.39, 0.29) is 11.8 Å². The van der Waals surface area contributed by atoms with Crippen LogP contribution in [0.15, 0.2) is 18.2 Å². The highest BCUT2D eigenvalue weighted by Gasteiger charge is 2.37. The van der Waals surface area contributed by atoms with Gasteiger partial charge in [-0.05, 0) is 38.5 Å². The summed E-state index contributed by atoms with van der Waals surface area (Å²) >= 11 is 7.47. The molecular weight excluding hydrogens is 360 g/mol. The van der Waals surface area contributed by atoms with E-state index in [2.05, 4.69) is 20.6 Å². The van der Waals surface area contributed by atoms with Gasteiger partial charge in [-0.25, -0.2) is 4.98 Å². The minimum absolute atomic E-state index is 0.0927. The van der Waals surface area contributed by atoms with E-state index in [9.17, 15) is 9.59 Å². The lowest BCUT2D eigenvalue weighted by Gasteiger charge is -2.32. The van der Waals surface area contributed by atoms with Crippen LogP contribution in [0.1, 0.15) is 26.1 Å². The molecule has 2 aromatic rings. The zero-order valence-electron chi connectivity index (χ0n) is 14.2. The summed E-state index contributed by atoms with van der Waals surface area (Å²) in [7, 11) is 0. The smallest absolute Gasteiger partial charge is 0.243 e. The third-order valence-corrected chi connectivity index (χ3v) is 5.80. The quantitative estimate of drug-likeness (QED) is 0.694. The average Bonchev–Trinajstić information content (AvgIpc) is 2.95. The molecule has 1 aromatic carbocycles. The van der Waals surface area contributed by atoms with Crippen LogP contribution in [0.5, 0.6) is 0 Å². The predicted octanol–water partition coefficient (Wildman–Crippen LogP) is 2.28. The number of halogens is 1. The van der Waals surface area contributed by atoms with Crippen molar-refractivity contribution in [2.45, 2.75) is 37.5 Å². The van der Waals surface area contributed by atoms with Crippen LogP contribution >= 0.6 is 23.4 Å². The number of nitrogens with zero attached hydrogens (tertiary/aromatic N) is 1. The molecule has 2 heterocycles. The molecule has 1 aromatic heterocycles. The molecule has 0 saturated carbocycles. The van der Waals surface area contributed by atoms with Crippen LogP contribution in [-0.4, -0.2) is 44.9 Å². The standard InChI is InChI=1S/C17H21ClN4O2S/c1-17(2)16(24)22-13(9-25-17)15(23)19-7-3-4-14-20-11-6-5-10(18)8-12(11)21-14/h5-6,8,13H,3-4,7,9H2,1-2H3,(H,19,23)(H,20,21)(H,22,24)/t13-/m0/s1. The van der Waals surface area contributed by atoms with Gasteiger partial charge in [0.2, 0.25) is 11.8 Å². The molecule has 1 atom stereocenters. The minimum atomic E-state index is -0.471. The van der Waals surface area contributed by atoms with Gasteiger partial charge in [-0.15, -0.1) is 11.8 Å². The molecule has 3 N–H and O–H groups in total. The summed E-state index contributed by atoms with van der Waals surface area (Å²) in [6.07, 6.45) is 1.49. The number of nitrogens with one attached hydrogen (secondary N) is 3. The monoisotopic (exact) mass is 380 g/mol. The molecule has 25 heavy (non-hydrogen) atoms. The van der Waals surface area contributed by atoms with E-state index in [1.165, 1.54) is 11.8 Å². The topological polar surface area (TPSA) is 86.9 Å². The third kappa shape index (κ3) is 4.27. The maximum Gasteiger partial charge on any atom is 0.243 e. The second-order valence-corrected chi connectivity index (χ2v) is 8.67. The Hall–Kier alpha value is -1.73. The van der Waals surface area contributed by atoms with Gasteiger partial charge in [0.05, 0.1) is 15.8 Å². The van der Waals surface area contributed by atoms with E-state index in [4.69, 9.17) is 11.6 Å². The van der Waals surface area contributed by atoms with Gasteiger partial charge in [0.15, 0.2) is 0 Å². The Morgan fingerprint density at radius 2 is 2.28 bits per heavy atom. The fourth-order valence-electron chi connectivity index (χ4n) is 2.62. The average molecular weight is 381 g/mol. The van der Waals surface area contributed by atoms with E-state index in [1.807, 2.05) is 32.0 Å². The number of aromatic amines is 1. The molecule has 0 unspecified atom stereocenters. The number of carbonyl (C=O) groups excluding carboxylic acids is 2. The van der Waals surface area contributed by atoms with Crippen LogP contribution in [0, 0.1) is 0 Å². The third-order valence-electron chi connectivity index (χ3n) is 4.16. The maximum absolute atomic E-state index is 12.2. The molecule has 2 amide bonds. The summed E-state index contributed by atoms with van der Waals surface area (Å²) in [5.41, 5.74) is 1.80. The molecule has 1 saturated heterocycles. The van der Waals surface area contributed by atoms with Crippen LogP contribution in [0.25, 0.3) is 11.0 Å². The van der Waals surface area contributed by atoms with Crippen LogP contribution in [0.4, 0.5) is 0 Å². The highest BCUT2D eigenvalue weighted by Crippen LogP contribution is 2.28. The molecule has 1 aliphatic rings. The first kappa shape index (κ1) is 18.1. The summed E-state index contributed by atoms with van der Waals surface area (Å²) in [5.74, 6) is 1.24. The fraction of sp³-hybridized carbons (Fsp3) is 0.471. The van der Waals surface area contributed by atoms with Crippen molar-refractivity contribution >= 4 is 46.2 Å². The Morgan fingerprint density at radius 3 is 3.04 bits per heavy atom. The van der Waals surface area contributed by atoms with Crippen LogP contribution in [-0.2, 0) is 16.0 Å². The number of aryl methyl sites for hydroxylation is 1. The first-order valence-corrected chi connectivity index (χ1v) is 9.58. The number of rotatable bonds is 5. The van der Waals surface area contributed by atoms with Gasteiger partial charge in [0.1, 0.15) is 11.9 Å². The summed E-state index contributed by atoms with van der Waals surface area (Å²) in [6.45, 7) is 4.26. The summed E-state index contributed by atoms with van der Waals surface area (Å²) < 4.78 is -0.471. The Morgan fingerprint density at radius 1 is 1.48 bits per heavy atom. The van der Waals surface area contributed by atoms with Crippen LogP contribution < -0.4 is 10.6 Å². The first-order chi connectivity index (χ1) is 11.8. The number of fused-ring (bicyclic) bond motifs is 1. The molecule has 6 nitrogen and oxygen atoms in total. The zero-order valence-corrected chi connectivity index (χ0v) is 15.8. The number of aromatic nitrogens is 2. The number of thioether (sulfide) groups is 1. The molecule has 0 aliphatic carbocycles. The molecule has 1 aliphatic heterocycles. The number of benzene rings is 1. The Kier molecular flexibility index (Phi) is 5.24. The summed E-state index contributed by atoms with van der Waals surface area (Å²) in [6, 6.07) is 5.08. The molecular formula is C17H21ClN4O2S. The minimum Gasteiger partial charge on any atom is -0.354 e. The van der Waals surface area contributed by atoms with E-state index in [0.717, 1.165) is 29.7 Å². The molecule has 0 bridgehead atoms.